The Morgan fingerprint density at radius 2 is 1.92 bits per heavy atom. The van der Waals surface area contributed by atoms with Crippen molar-refractivity contribution < 1.29 is 9.13 Å². The van der Waals surface area contributed by atoms with Gasteiger partial charge >= 0.3 is 0 Å². The Hall–Kier alpha value is -1.75. The van der Waals surface area contributed by atoms with Crippen molar-refractivity contribution in [2.24, 2.45) is 5.41 Å². The van der Waals surface area contributed by atoms with Gasteiger partial charge in [0.15, 0.2) is 5.82 Å². The summed E-state index contributed by atoms with van der Waals surface area (Å²) in [6, 6.07) is 7.13. The van der Waals surface area contributed by atoms with Crippen LogP contribution in [0.1, 0.15) is 63.2 Å². The van der Waals surface area contributed by atoms with Crippen LogP contribution in [0.3, 0.4) is 0 Å². The average molecular weight is 343 g/mol. The van der Waals surface area contributed by atoms with Gasteiger partial charge in [0.25, 0.3) is 0 Å². The molecule has 2 aliphatic rings. The fourth-order valence-electron chi connectivity index (χ4n) is 4.41. The topological polar surface area (TPSA) is 39.9 Å². The smallest absolute Gasteiger partial charge is 0.154 e. The van der Waals surface area contributed by atoms with Gasteiger partial charge in [-0.25, -0.2) is 14.1 Å². The summed E-state index contributed by atoms with van der Waals surface area (Å²) in [7, 11) is 0. The fraction of sp³-hybridized carbons (Fsp3) is 0.600. The van der Waals surface area contributed by atoms with Crippen molar-refractivity contribution in [3.63, 3.8) is 0 Å². The van der Waals surface area contributed by atoms with Crippen molar-refractivity contribution in [3.05, 3.63) is 47.3 Å². The molecule has 1 aliphatic heterocycles. The lowest BCUT2D eigenvalue weighted by molar-refractivity contribution is 0.0835. The Morgan fingerprint density at radius 1 is 1.24 bits per heavy atom. The molecule has 0 bridgehead atoms. The van der Waals surface area contributed by atoms with Crippen molar-refractivity contribution in [3.8, 4) is 0 Å². The lowest BCUT2D eigenvalue weighted by Crippen LogP contribution is -2.23. The van der Waals surface area contributed by atoms with Crippen LogP contribution in [0.2, 0.25) is 0 Å². The largest absolute Gasteiger partial charge is 0.381 e. The monoisotopic (exact) mass is 343 g/mol. The van der Waals surface area contributed by atoms with Crippen LogP contribution in [-0.2, 0) is 16.7 Å². The molecule has 1 atom stereocenters. The number of aromatic nitrogens is 3. The Balaban J connectivity index is 1.81. The second kappa shape index (κ2) is 5.90. The molecule has 4 nitrogen and oxygen atoms in total. The lowest BCUT2D eigenvalue weighted by Gasteiger charge is -2.21. The van der Waals surface area contributed by atoms with Crippen molar-refractivity contribution in [2.75, 3.05) is 13.2 Å². The summed E-state index contributed by atoms with van der Waals surface area (Å²) in [5.41, 5.74) is 0.341. The van der Waals surface area contributed by atoms with E-state index in [1.54, 1.807) is 12.1 Å². The van der Waals surface area contributed by atoms with E-state index in [1.807, 2.05) is 16.8 Å². The molecule has 2 fully saturated rings. The number of nitrogens with zero attached hydrogens (tertiary/aromatic N) is 3. The van der Waals surface area contributed by atoms with Crippen LogP contribution >= 0.6 is 0 Å². The molecule has 0 radical (unpaired) electrons. The molecule has 2 heterocycles. The van der Waals surface area contributed by atoms with Crippen LogP contribution < -0.4 is 0 Å². The quantitative estimate of drug-likeness (QED) is 0.841. The molecule has 5 heteroatoms. The van der Waals surface area contributed by atoms with Gasteiger partial charge in [-0.1, -0.05) is 32.0 Å². The molecule has 1 aromatic carbocycles. The molecule has 2 aromatic rings. The van der Waals surface area contributed by atoms with Crippen molar-refractivity contribution in [1.29, 1.82) is 0 Å². The van der Waals surface area contributed by atoms with Crippen LogP contribution in [0.5, 0.6) is 0 Å². The molecule has 4 rings (SSSR count). The minimum atomic E-state index is -0.384. The summed E-state index contributed by atoms with van der Waals surface area (Å²) in [4.78, 5) is 4.98. The number of hydrogen-bond donors (Lipinski definition) is 0. The second-order valence-corrected chi connectivity index (χ2v) is 7.94. The van der Waals surface area contributed by atoms with Crippen LogP contribution in [0, 0.1) is 11.2 Å². The summed E-state index contributed by atoms with van der Waals surface area (Å²) in [6.45, 7) is 8.76. The standard InChI is InChI=1S/C20H26FN3O/c1-4-24-18(22-17(23-24)14-9-11-25-12-10-14)20(13-19(20,2)3)15-7-5-6-8-16(15)21/h5-8,14H,4,9-13H2,1-3H3. The number of ether oxygens (including phenoxy) is 1. The van der Waals surface area contributed by atoms with E-state index in [-0.39, 0.29) is 16.6 Å². The average Bonchev–Trinajstić information content (AvgIpc) is 2.99. The molecule has 0 amide bonds. The molecule has 0 N–H and O–H groups in total. The Labute approximate surface area is 148 Å². The number of aryl methyl sites for hydroxylation is 1. The summed E-state index contributed by atoms with van der Waals surface area (Å²) < 4.78 is 22.1. The predicted octanol–water partition coefficient (Wildman–Crippen LogP) is 4.05. The van der Waals surface area contributed by atoms with Gasteiger partial charge in [-0.05, 0) is 37.7 Å². The van der Waals surface area contributed by atoms with Gasteiger partial charge in [0.2, 0.25) is 0 Å². The van der Waals surface area contributed by atoms with Gasteiger partial charge in [-0.15, -0.1) is 0 Å². The number of rotatable bonds is 4. The minimum absolute atomic E-state index is 0.0257. The fourth-order valence-corrected chi connectivity index (χ4v) is 4.41. The maximum atomic E-state index is 14.7. The molecule has 25 heavy (non-hydrogen) atoms. The maximum Gasteiger partial charge on any atom is 0.154 e. The van der Waals surface area contributed by atoms with Crippen molar-refractivity contribution in [2.45, 2.75) is 57.9 Å². The molecule has 1 saturated heterocycles. The highest BCUT2D eigenvalue weighted by Crippen LogP contribution is 2.67. The van der Waals surface area contributed by atoms with Gasteiger partial charge in [0.05, 0.1) is 5.41 Å². The van der Waals surface area contributed by atoms with E-state index < -0.39 is 0 Å². The zero-order valence-electron chi connectivity index (χ0n) is 15.3. The Bertz CT molecular complexity index is 779. The van der Waals surface area contributed by atoms with Crippen LogP contribution in [0.15, 0.2) is 24.3 Å². The first-order chi connectivity index (χ1) is 12.0. The maximum absolute atomic E-state index is 14.7. The minimum Gasteiger partial charge on any atom is -0.381 e. The molecule has 1 saturated carbocycles. The molecule has 1 aliphatic carbocycles. The normalized spacial score (nSPS) is 25.9. The van der Waals surface area contributed by atoms with E-state index in [2.05, 4.69) is 20.8 Å². The summed E-state index contributed by atoms with van der Waals surface area (Å²) >= 11 is 0. The van der Waals surface area contributed by atoms with Gasteiger partial charge in [0.1, 0.15) is 11.6 Å². The highest BCUT2D eigenvalue weighted by atomic mass is 19.1. The molecule has 1 aromatic heterocycles. The zero-order chi connectivity index (χ0) is 17.7. The zero-order valence-corrected chi connectivity index (χ0v) is 15.3. The highest BCUT2D eigenvalue weighted by molar-refractivity contribution is 5.46. The van der Waals surface area contributed by atoms with Gasteiger partial charge in [0, 0.05) is 31.2 Å². The third-order valence-electron chi connectivity index (χ3n) is 6.03. The Morgan fingerprint density at radius 3 is 2.52 bits per heavy atom. The Kier molecular flexibility index (Phi) is 3.95. The first-order valence-corrected chi connectivity index (χ1v) is 9.27. The van der Waals surface area contributed by atoms with Crippen LogP contribution in [-0.4, -0.2) is 28.0 Å². The van der Waals surface area contributed by atoms with Crippen molar-refractivity contribution in [1.82, 2.24) is 14.8 Å². The first kappa shape index (κ1) is 16.7. The van der Waals surface area contributed by atoms with E-state index in [0.717, 1.165) is 56.2 Å². The lowest BCUT2D eigenvalue weighted by atomic mass is 9.86. The van der Waals surface area contributed by atoms with Crippen molar-refractivity contribution >= 4 is 0 Å². The van der Waals surface area contributed by atoms with E-state index in [4.69, 9.17) is 14.8 Å². The van der Waals surface area contributed by atoms with Crippen LogP contribution in [0.4, 0.5) is 4.39 Å². The van der Waals surface area contributed by atoms with E-state index in [9.17, 15) is 4.39 Å². The van der Waals surface area contributed by atoms with Gasteiger partial charge in [-0.2, -0.15) is 5.10 Å². The molecule has 1 unspecified atom stereocenters. The van der Waals surface area contributed by atoms with E-state index in [1.165, 1.54) is 0 Å². The number of benzene rings is 1. The molecular weight excluding hydrogens is 317 g/mol. The highest BCUT2D eigenvalue weighted by Gasteiger charge is 2.66. The second-order valence-electron chi connectivity index (χ2n) is 7.94. The SMILES string of the molecule is CCn1nc(C2CCOCC2)nc1C1(c2ccccc2F)CC1(C)C. The van der Waals surface area contributed by atoms with E-state index >= 15 is 0 Å². The van der Waals surface area contributed by atoms with Gasteiger partial charge in [-0.3, -0.25) is 0 Å². The van der Waals surface area contributed by atoms with Gasteiger partial charge < -0.3 is 4.74 Å². The number of halogens is 1. The molecular formula is C20H26FN3O. The third-order valence-corrected chi connectivity index (χ3v) is 6.03. The van der Waals surface area contributed by atoms with Crippen LogP contribution in [0.25, 0.3) is 0 Å². The number of hydrogen-bond acceptors (Lipinski definition) is 3. The van der Waals surface area contributed by atoms with E-state index in [0.29, 0.717) is 5.92 Å². The molecule has 134 valence electrons. The predicted molar refractivity (Wildman–Crippen MR) is 94.1 cm³/mol. The summed E-state index contributed by atoms with van der Waals surface area (Å²) in [5.74, 6) is 2.02. The third kappa shape index (κ3) is 2.51. The molecule has 0 spiro atoms. The summed E-state index contributed by atoms with van der Waals surface area (Å²) in [6.07, 6.45) is 2.82. The first-order valence-electron chi connectivity index (χ1n) is 9.27. The summed E-state index contributed by atoms with van der Waals surface area (Å²) in [5, 5.41) is 4.81.